The van der Waals surface area contributed by atoms with Crippen molar-refractivity contribution < 1.29 is 14.9 Å². The molecule has 0 aliphatic carbocycles. The highest BCUT2D eigenvalue weighted by Crippen LogP contribution is 2.25. The Balaban J connectivity index is 2.46. The molecule has 1 heterocycles. The smallest absolute Gasteiger partial charge is 0.216 e. The molecular weight excluding hydrogens is 194 g/mol. The summed E-state index contributed by atoms with van der Waals surface area (Å²) in [6.45, 7) is 9.50. The lowest BCUT2D eigenvalue weighted by Gasteiger charge is -2.29. The molecule has 4 heteroatoms. The molecule has 0 spiro atoms. The highest BCUT2D eigenvalue weighted by Gasteiger charge is 2.34. The SMILES string of the molecule is CC1CN(C(O)OC(C)(C)C)CC1CO. The van der Waals surface area contributed by atoms with Crippen LogP contribution in [0.3, 0.4) is 0 Å². The lowest BCUT2D eigenvalue weighted by atomic mass is 10.00. The Morgan fingerprint density at radius 1 is 1.40 bits per heavy atom. The summed E-state index contributed by atoms with van der Waals surface area (Å²) in [4.78, 5) is 1.87. The Labute approximate surface area is 91.8 Å². The highest BCUT2D eigenvalue weighted by atomic mass is 16.6. The first-order valence-electron chi connectivity index (χ1n) is 5.54. The molecule has 0 bridgehead atoms. The van der Waals surface area contributed by atoms with Gasteiger partial charge in [-0.1, -0.05) is 6.92 Å². The second kappa shape index (κ2) is 4.78. The van der Waals surface area contributed by atoms with Crippen LogP contribution in [0.1, 0.15) is 27.7 Å². The number of ether oxygens (including phenoxy) is 1. The van der Waals surface area contributed by atoms with Gasteiger partial charge in [0.15, 0.2) is 0 Å². The van der Waals surface area contributed by atoms with Gasteiger partial charge in [0, 0.05) is 19.7 Å². The first-order chi connectivity index (χ1) is 6.83. The van der Waals surface area contributed by atoms with Crippen LogP contribution in [0.15, 0.2) is 0 Å². The predicted molar refractivity (Wildman–Crippen MR) is 58.2 cm³/mol. The minimum atomic E-state index is -0.857. The summed E-state index contributed by atoms with van der Waals surface area (Å²) in [5, 5.41) is 19.0. The fraction of sp³-hybridized carbons (Fsp3) is 1.00. The predicted octanol–water partition coefficient (Wildman–Crippen LogP) is 0.638. The van der Waals surface area contributed by atoms with Gasteiger partial charge in [0.05, 0.1) is 5.60 Å². The second-order valence-corrected chi connectivity index (χ2v) is 5.43. The van der Waals surface area contributed by atoms with Crippen LogP contribution in [-0.2, 0) is 4.74 Å². The number of rotatable bonds is 3. The molecule has 3 atom stereocenters. The summed E-state index contributed by atoms with van der Waals surface area (Å²) >= 11 is 0. The van der Waals surface area contributed by atoms with Crippen molar-refractivity contribution in [2.45, 2.75) is 39.7 Å². The van der Waals surface area contributed by atoms with Crippen molar-refractivity contribution >= 4 is 0 Å². The number of hydrogen-bond donors (Lipinski definition) is 2. The fourth-order valence-electron chi connectivity index (χ4n) is 1.88. The van der Waals surface area contributed by atoms with Crippen LogP contribution in [0.2, 0.25) is 0 Å². The van der Waals surface area contributed by atoms with Crippen molar-refractivity contribution in [3.63, 3.8) is 0 Å². The number of hydrogen-bond acceptors (Lipinski definition) is 4. The lowest BCUT2D eigenvalue weighted by Crippen LogP contribution is -2.40. The van der Waals surface area contributed by atoms with Crippen LogP contribution in [0.25, 0.3) is 0 Å². The van der Waals surface area contributed by atoms with Crippen LogP contribution in [0.5, 0.6) is 0 Å². The van der Waals surface area contributed by atoms with Gasteiger partial charge < -0.3 is 14.9 Å². The molecule has 0 saturated carbocycles. The van der Waals surface area contributed by atoms with Gasteiger partial charge in [0.25, 0.3) is 0 Å². The summed E-state index contributed by atoms with van der Waals surface area (Å²) in [6.07, 6.45) is -0.857. The molecule has 1 saturated heterocycles. The number of likely N-dealkylation sites (tertiary alicyclic amines) is 1. The van der Waals surface area contributed by atoms with Crippen molar-refractivity contribution in [1.82, 2.24) is 4.90 Å². The van der Waals surface area contributed by atoms with Gasteiger partial charge in [0.2, 0.25) is 6.41 Å². The van der Waals surface area contributed by atoms with Crippen LogP contribution in [0.4, 0.5) is 0 Å². The topological polar surface area (TPSA) is 52.9 Å². The molecule has 1 fully saturated rings. The third-order valence-electron chi connectivity index (χ3n) is 2.80. The van der Waals surface area contributed by atoms with Crippen LogP contribution < -0.4 is 0 Å². The normalized spacial score (nSPS) is 30.8. The molecule has 90 valence electrons. The molecule has 1 rings (SSSR count). The zero-order valence-electron chi connectivity index (χ0n) is 10.1. The molecule has 0 aromatic carbocycles. The standard InChI is InChI=1S/C11H23NO3/c1-8-5-12(6-9(8)7-13)10(14)15-11(2,3)4/h8-10,13-14H,5-7H2,1-4H3. The van der Waals surface area contributed by atoms with Crippen molar-refractivity contribution in [3.05, 3.63) is 0 Å². The zero-order chi connectivity index (χ0) is 11.6. The number of aliphatic hydroxyl groups is 2. The molecule has 4 nitrogen and oxygen atoms in total. The minimum Gasteiger partial charge on any atom is -0.396 e. The average molecular weight is 217 g/mol. The third kappa shape index (κ3) is 3.72. The van der Waals surface area contributed by atoms with Crippen molar-refractivity contribution in [3.8, 4) is 0 Å². The van der Waals surface area contributed by atoms with Crippen LogP contribution in [0, 0.1) is 11.8 Å². The fourth-order valence-corrected chi connectivity index (χ4v) is 1.88. The summed E-state index contributed by atoms with van der Waals surface area (Å²) in [5.74, 6) is 0.663. The molecule has 15 heavy (non-hydrogen) atoms. The van der Waals surface area contributed by atoms with Crippen LogP contribution >= 0.6 is 0 Å². The molecule has 2 N–H and O–H groups in total. The largest absolute Gasteiger partial charge is 0.396 e. The van der Waals surface area contributed by atoms with E-state index in [-0.39, 0.29) is 18.1 Å². The van der Waals surface area contributed by atoms with Gasteiger partial charge >= 0.3 is 0 Å². The summed E-state index contributed by atoms with van der Waals surface area (Å²) < 4.78 is 5.46. The maximum absolute atomic E-state index is 9.84. The monoisotopic (exact) mass is 217 g/mol. The van der Waals surface area contributed by atoms with E-state index < -0.39 is 6.41 Å². The third-order valence-corrected chi connectivity index (χ3v) is 2.80. The van der Waals surface area contributed by atoms with Gasteiger partial charge in [-0.25, -0.2) is 0 Å². The Bertz CT molecular complexity index is 202. The molecule has 1 aliphatic heterocycles. The van der Waals surface area contributed by atoms with Gasteiger partial charge in [0.1, 0.15) is 0 Å². The summed E-state index contributed by atoms with van der Waals surface area (Å²) in [5.41, 5.74) is -0.347. The first kappa shape index (κ1) is 12.9. The zero-order valence-corrected chi connectivity index (χ0v) is 10.1. The van der Waals surface area contributed by atoms with E-state index >= 15 is 0 Å². The number of aliphatic hydroxyl groups excluding tert-OH is 2. The molecule has 0 radical (unpaired) electrons. The first-order valence-corrected chi connectivity index (χ1v) is 5.54. The van der Waals surface area contributed by atoms with Gasteiger partial charge in [-0.05, 0) is 32.6 Å². The molecule has 3 unspecified atom stereocenters. The minimum absolute atomic E-state index is 0.180. The lowest BCUT2D eigenvalue weighted by molar-refractivity contribution is -0.235. The Hall–Kier alpha value is -0.160. The van der Waals surface area contributed by atoms with Crippen molar-refractivity contribution in [2.75, 3.05) is 19.7 Å². The van der Waals surface area contributed by atoms with Crippen molar-refractivity contribution in [1.29, 1.82) is 0 Å². The molecule has 0 amide bonds. The average Bonchev–Trinajstić information content (AvgIpc) is 2.43. The van der Waals surface area contributed by atoms with Gasteiger partial charge in [-0.3, -0.25) is 4.90 Å². The van der Waals surface area contributed by atoms with E-state index in [1.165, 1.54) is 0 Å². The highest BCUT2D eigenvalue weighted by molar-refractivity contribution is 4.81. The molecule has 0 aromatic rings. The quantitative estimate of drug-likeness (QED) is 0.681. The maximum atomic E-state index is 9.84. The van der Waals surface area contributed by atoms with E-state index in [1.54, 1.807) is 0 Å². The number of nitrogens with zero attached hydrogens (tertiary/aromatic N) is 1. The van der Waals surface area contributed by atoms with E-state index in [0.29, 0.717) is 12.5 Å². The Morgan fingerprint density at radius 2 is 2.00 bits per heavy atom. The van der Waals surface area contributed by atoms with E-state index in [9.17, 15) is 5.11 Å². The summed E-state index contributed by atoms with van der Waals surface area (Å²) in [7, 11) is 0. The Kier molecular flexibility index (Phi) is 4.12. The van der Waals surface area contributed by atoms with Crippen LogP contribution in [-0.4, -0.2) is 46.8 Å². The van der Waals surface area contributed by atoms with E-state index in [0.717, 1.165) is 6.54 Å². The molecular formula is C11H23NO3. The second-order valence-electron chi connectivity index (χ2n) is 5.43. The van der Waals surface area contributed by atoms with Gasteiger partial charge in [-0.15, -0.1) is 0 Å². The maximum Gasteiger partial charge on any atom is 0.216 e. The summed E-state index contributed by atoms with van der Waals surface area (Å²) in [6, 6.07) is 0. The molecule has 0 aromatic heterocycles. The Morgan fingerprint density at radius 3 is 2.40 bits per heavy atom. The van der Waals surface area contributed by atoms with E-state index in [4.69, 9.17) is 9.84 Å². The van der Waals surface area contributed by atoms with Gasteiger partial charge in [-0.2, -0.15) is 0 Å². The molecule has 1 aliphatic rings. The van der Waals surface area contributed by atoms with E-state index in [2.05, 4.69) is 6.92 Å². The van der Waals surface area contributed by atoms with Crippen molar-refractivity contribution in [2.24, 2.45) is 11.8 Å². The van der Waals surface area contributed by atoms with E-state index in [1.807, 2.05) is 25.7 Å².